The van der Waals surface area contributed by atoms with Gasteiger partial charge in [-0.05, 0) is 67.0 Å². The van der Waals surface area contributed by atoms with Gasteiger partial charge in [0.2, 0.25) is 5.91 Å². The van der Waals surface area contributed by atoms with Crippen molar-refractivity contribution >= 4 is 23.1 Å². The van der Waals surface area contributed by atoms with E-state index in [0.29, 0.717) is 19.5 Å². The number of amidine groups is 1. The molecule has 1 unspecified atom stereocenters. The normalized spacial score (nSPS) is 21.5. The molecule has 6 nitrogen and oxygen atoms in total. The third-order valence-corrected chi connectivity index (χ3v) is 7.14. The van der Waals surface area contributed by atoms with E-state index in [1.165, 1.54) is 17.8 Å². The molecule has 7 heteroatoms. The molecule has 1 fully saturated rings. The summed E-state index contributed by atoms with van der Waals surface area (Å²) in [5.41, 5.74) is 3.72. The largest absolute Gasteiger partial charge is 0.368 e. The SMILES string of the molecule is CCC1(C(=O)NCc2ccc(N3CCN(c4ccc(F)cc4)CC3)cc2)CN2C=C(C)C=CC2=N1. The van der Waals surface area contributed by atoms with Crippen LogP contribution < -0.4 is 15.1 Å². The molecule has 2 aromatic carbocycles. The maximum absolute atomic E-state index is 13.2. The molecule has 3 aliphatic heterocycles. The smallest absolute Gasteiger partial charge is 0.250 e. The van der Waals surface area contributed by atoms with Crippen molar-refractivity contribution in [2.45, 2.75) is 32.4 Å². The zero-order valence-electron chi connectivity index (χ0n) is 20.4. The van der Waals surface area contributed by atoms with Crippen molar-refractivity contribution in [1.29, 1.82) is 0 Å². The van der Waals surface area contributed by atoms with Crippen LogP contribution in [0.2, 0.25) is 0 Å². The van der Waals surface area contributed by atoms with Gasteiger partial charge in [-0.25, -0.2) is 9.38 Å². The number of halogens is 1. The summed E-state index contributed by atoms with van der Waals surface area (Å²) >= 11 is 0. The number of carbonyl (C=O) groups excluding carboxylic acids is 1. The Morgan fingerprint density at radius 1 is 0.971 bits per heavy atom. The predicted octanol–water partition coefficient (Wildman–Crippen LogP) is 4.11. The lowest BCUT2D eigenvalue weighted by atomic mass is 9.96. The van der Waals surface area contributed by atoms with Gasteiger partial charge < -0.3 is 20.0 Å². The minimum Gasteiger partial charge on any atom is -0.368 e. The van der Waals surface area contributed by atoms with Gasteiger partial charge in [-0.1, -0.05) is 25.1 Å². The summed E-state index contributed by atoms with van der Waals surface area (Å²) in [5, 5.41) is 3.12. The Balaban J connectivity index is 1.15. The van der Waals surface area contributed by atoms with E-state index in [2.05, 4.69) is 57.4 Å². The average molecular weight is 474 g/mol. The summed E-state index contributed by atoms with van der Waals surface area (Å²) < 4.78 is 13.2. The highest BCUT2D eigenvalue weighted by Gasteiger charge is 2.43. The van der Waals surface area contributed by atoms with Crippen molar-refractivity contribution in [3.8, 4) is 0 Å². The number of carbonyl (C=O) groups is 1. The summed E-state index contributed by atoms with van der Waals surface area (Å²) in [5.74, 6) is 0.629. The average Bonchev–Trinajstić information content (AvgIpc) is 3.27. The van der Waals surface area contributed by atoms with Crippen LogP contribution in [0.4, 0.5) is 15.8 Å². The molecule has 1 saturated heterocycles. The van der Waals surface area contributed by atoms with Crippen molar-refractivity contribution in [2.75, 3.05) is 42.5 Å². The number of piperazine rings is 1. The third kappa shape index (κ3) is 4.81. The fourth-order valence-corrected chi connectivity index (χ4v) is 4.94. The van der Waals surface area contributed by atoms with Gasteiger partial charge in [0, 0.05) is 50.3 Å². The zero-order valence-corrected chi connectivity index (χ0v) is 20.4. The molecule has 0 aliphatic carbocycles. The fraction of sp³-hybridized carbons (Fsp3) is 0.357. The first-order valence-corrected chi connectivity index (χ1v) is 12.3. The van der Waals surface area contributed by atoms with Crippen LogP contribution in [0.15, 0.2) is 77.4 Å². The molecule has 182 valence electrons. The highest BCUT2D eigenvalue weighted by atomic mass is 19.1. The molecule has 2 aromatic rings. The van der Waals surface area contributed by atoms with E-state index in [1.54, 1.807) is 0 Å². The Morgan fingerprint density at radius 3 is 2.17 bits per heavy atom. The monoisotopic (exact) mass is 473 g/mol. The number of benzene rings is 2. The van der Waals surface area contributed by atoms with Crippen LogP contribution >= 0.6 is 0 Å². The van der Waals surface area contributed by atoms with E-state index in [4.69, 9.17) is 4.99 Å². The Kier molecular flexibility index (Phi) is 6.32. The van der Waals surface area contributed by atoms with E-state index >= 15 is 0 Å². The van der Waals surface area contributed by atoms with Crippen LogP contribution in [0.25, 0.3) is 0 Å². The molecule has 3 heterocycles. The molecular formula is C28H32FN5O. The summed E-state index contributed by atoms with van der Waals surface area (Å²) in [7, 11) is 0. The number of rotatable bonds is 6. The molecule has 0 saturated carbocycles. The summed E-state index contributed by atoms with van der Waals surface area (Å²) in [6.07, 6.45) is 6.73. The van der Waals surface area contributed by atoms with Crippen molar-refractivity contribution in [2.24, 2.45) is 4.99 Å². The first-order chi connectivity index (χ1) is 17.0. The van der Waals surface area contributed by atoms with Crippen LogP contribution in [-0.4, -0.2) is 54.9 Å². The van der Waals surface area contributed by atoms with Gasteiger partial charge in [0.15, 0.2) is 5.54 Å². The predicted molar refractivity (Wildman–Crippen MR) is 139 cm³/mol. The second kappa shape index (κ2) is 9.56. The van der Waals surface area contributed by atoms with Gasteiger partial charge in [-0.15, -0.1) is 0 Å². The Labute approximate surface area is 206 Å². The Morgan fingerprint density at radius 2 is 1.57 bits per heavy atom. The van der Waals surface area contributed by atoms with E-state index in [-0.39, 0.29) is 11.7 Å². The van der Waals surface area contributed by atoms with E-state index < -0.39 is 5.54 Å². The molecule has 5 rings (SSSR count). The van der Waals surface area contributed by atoms with Crippen molar-refractivity contribution < 1.29 is 9.18 Å². The van der Waals surface area contributed by atoms with E-state index in [9.17, 15) is 9.18 Å². The van der Waals surface area contributed by atoms with Gasteiger partial charge in [0.05, 0.1) is 6.54 Å². The highest BCUT2D eigenvalue weighted by Crippen LogP contribution is 2.29. The highest BCUT2D eigenvalue weighted by molar-refractivity contribution is 6.01. The van der Waals surface area contributed by atoms with Crippen molar-refractivity contribution in [1.82, 2.24) is 10.2 Å². The van der Waals surface area contributed by atoms with Gasteiger partial charge in [0.1, 0.15) is 11.7 Å². The maximum Gasteiger partial charge on any atom is 0.250 e. The molecule has 1 N–H and O–H groups in total. The number of nitrogens with one attached hydrogen (secondary N) is 1. The number of fused-ring (bicyclic) bond motifs is 1. The molecule has 0 spiro atoms. The second-order valence-electron chi connectivity index (χ2n) is 9.49. The number of anilines is 2. The minimum absolute atomic E-state index is 0.0256. The number of aliphatic imine (C=N–C) groups is 1. The van der Waals surface area contributed by atoms with Gasteiger partial charge in [0.25, 0.3) is 0 Å². The fourth-order valence-electron chi connectivity index (χ4n) is 4.94. The second-order valence-corrected chi connectivity index (χ2v) is 9.49. The number of allylic oxidation sites excluding steroid dienone is 2. The molecule has 0 radical (unpaired) electrons. The van der Waals surface area contributed by atoms with Crippen LogP contribution in [-0.2, 0) is 11.3 Å². The van der Waals surface area contributed by atoms with Crippen molar-refractivity contribution in [3.63, 3.8) is 0 Å². The summed E-state index contributed by atoms with van der Waals surface area (Å²) in [6.45, 7) is 8.74. The quantitative estimate of drug-likeness (QED) is 0.686. The molecule has 0 aromatic heterocycles. The lowest BCUT2D eigenvalue weighted by Crippen LogP contribution is -2.47. The molecule has 3 aliphatic rings. The van der Waals surface area contributed by atoms with Gasteiger partial charge >= 0.3 is 0 Å². The van der Waals surface area contributed by atoms with E-state index in [0.717, 1.165) is 48.8 Å². The molecule has 1 atom stereocenters. The van der Waals surface area contributed by atoms with Crippen molar-refractivity contribution in [3.05, 3.63) is 83.8 Å². The zero-order chi connectivity index (χ0) is 24.4. The number of nitrogens with zero attached hydrogens (tertiary/aromatic N) is 4. The number of amides is 1. The minimum atomic E-state index is -0.745. The maximum atomic E-state index is 13.2. The molecule has 0 bridgehead atoms. The first-order valence-electron chi connectivity index (χ1n) is 12.3. The third-order valence-electron chi connectivity index (χ3n) is 7.14. The summed E-state index contributed by atoms with van der Waals surface area (Å²) in [6, 6.07) is 15.1. The lowest BCUT2D eigenvalue weighted by Gasteiger charge is -2.37. The molecule has 35 heavy (non-hydrogen) atoms. The molecule has 1 amide bonds. The standard InChI is InChI=1S/C28H32FN5O/c1-3-28(20-34-19-21(2)4-13-26(34)31-28)27(35)30-18-22-5-9-24(10-6-22)32-14-16-33(17-15-32)25-11-7-23(29)8-12-25/h4-13,19H,3,14-18,20H2,1-2H3,(H,30,35). The first kappa shape index (κ1) is 23.1. The lowest BCUT2D eigenvalue weighted by molar-refractivity contribution is -0.126. The van der Waals surface area contributed by atoms with Gasteiger partial charge in [-0.2, -0.15) is 0 Å². The number of hydrogen-bond acceptors (Lipinski definition) is 5. The topological polar surface area (TPSA) is 51.2 Å². The Bertz CT molecular complexity index is 1160. The van der Waals surface area contributed by atoms with Crippen LogP contribution in [0.3, 0.4) is 0 Å². The summed E-state index contributed by atoms with van der Waals surface area (Å²) in [4.78, 5) is 24.7. The molecular weight excluding hydrogens is 441 g/mol. The van der Waals surface area contributed by atoms with Crippen LogP contribution in [0, 0.1) is 5.82 Å². The van der Waals surface area contributed by atoms with Crippen LogP contribution in [0.5, 0.6) is 0 Å². The van der Waals surface area contributed by atoms with Gasteiger partial charge in [-0.3, -0.25) is 4.79 Å². The Hall–Kier alpha value is -3.61. The van der Waals surface area contributed by atoms with Crippen LogP contribution in [0.1, 0.15) is 25.8 Å². The van der Waals surface area contributed by atoms with E-state index in [1.807, 2.05) is 31.2 Å². The number of hydrogen-bond donors (Lipinski definition) is 1.